The van der Waals surface area contributed by atoms with Crippen molar-refractivity contribution >= 4 is 61.4 Å². The molecule has 3 aromatic heterocycles. The second-order valence-electron chi connectivity index (χ2n) is 7.46. The average Bonchev–Trinajstić information content (AvgIpc) is 3.41. The maximum absolute atomic E-state index is 12.8. The Morgan fingerprint density at radius 1 is 1.16 bits per heavy atom. The number of benzene rings is 1. The van der Waals surface area contributed by atoms with Crippen LogP contribution in [0, 0.1) is 0 Å². The molecule has 1 aliphatic rings. The molecule has 31 heavy (non-hydrogen) atoms. The first kappa shape index (κ1) is 20.9. The molecule has 1 saturated carbocycles. The molecule has 1 aliphatic carbocycles. The SMILES string of the molecule is O=c1[nH]c(CSc2nnc(NC3CCCCC3)s2)nc2scc(-c3ccccc3Cl)c12. The summed E-state index contributed by atoms with van der Waals surface area (Å²) in [5.41, 5.74) is 1.52. The van der Waals surface area contributed by atoms with Gasteiger partial charge in [-0.05, 0) is 18.9 Å². The van der Waals surface area contributed by atoms with Gasteiger partial charge in [0.25, 0.3) is 5.56 Å². The summed E-state index contributed by atoms with van der Waals surface area (Å²) in [6.07, 6.45) is 6.28. The van der Waals surface area contributed by atoms with Crippen LogP contribution in [0.15, 0.2) is 38.8 Å². The number of aromatic nitrogens is 4. The third-order valence-corrected chi connectivity index (χ3v) is 8.53. The van der Waals surface area contributed by atoms with E-state index >= 15 is 0 Å². The molecule has 160 valence electrons. The van der Waals surface area contributed by atoms with Gasteiger partial charge in [-0.1, -0.05) is 72.2 Å². The fourth-order valence-electron chi connectivity index (χ4n) is 3.82. The minimum atomic E-state index is -0.145. The van der Waals surface area contributed by atoms with Crippen molar-refractivity contribution in [2.24, 2.45) is 0 Å². The van der Waals surface area contributed by atoms with Crippen molar-refractivity contribution in [3.05, 3.63) is 50.8 Å². The number of halogens is 1. The summed E-state index contributed by atoms with van der Waals surface area (Å²) in [4.78, 5) is 21.1. The van der Waals surface area contributed by atoms with Crippen LogP contribution in [0.4, 0.5) is 5.13 Å². The Morgan fingerprint density at radius 2 is 2.00 bits per heavy atom. The van der Waals surface area contributed by atoms with Crippen molar-refractivity contribution in [3.8, 4) is 11.1 Å². The van der Waals surface area contributed by atoms with E-state index in [0.717, 1.165) is 20.6 Å². The number of thioether (sulfide) groups is 1. The Morgan fingerprint density at radius 3 is 2.84 bits per heavy atom. The second-order valence-corrected chi connectivity index (χ2v) is 10.9. The summed E-state index contributed by atoms with van der Waals surface area (Å²) in [5.74, 6) is 1.16. The van der Waals surface area contributed by atoms with Crippen molar-refractivity contribution in [2.45, 2.75) is 48.2 Å². The second kappa shape index (κ2) is 9.28. The molecule has 0 unspecified atom stereocenters. The minimum Gasteiger partial charge on any atom is -0.357 e. The molecule has 0 aliphatic heterocycles. The zero-order valence-corrected chi connectivity index (χ0v) is 19.8. The molecule has 1 fully saturated rings. The molecule has 0 saturated heterocycles. The fraction of sp³-hybridized carbons (Fsp3) is 0.333. The topological polar surface area (TPSA) is 83.6 Å². The van der Waals surface area contributed by atoms with Crippen LogP contribution >= 0.6 is 46.0 Å². The summed E-state index contributed by atoms with van der Waals surface area (Å²) < 4.78 is 0.865. The first-order valence-corrected chi connectivity index (χ1v) is 13.2. The van der Waals surface area contributed by atoms with E-state index in [-0.39, 0.29) is 5.56 Å². The third-order valence-electron chi connectivity index (χ3n) is 5.33. The van der Waals surface area contributed by atoms with Crippen molar-refractivity contribution in [1.29, 1.82) is 0 Å². The number of thiophene rings is 1. The lowest BCUT2D eigenvalue weighted by atomic mass is 9.96. The lowest BCUT2D eigenvalue weighted by Crippen LogP contribution is -2.21. The van der Waals surface area contributed by atoms with Crippen molar-refractivity contribution in [2.75, 3.05) is 5.32 Å². The number of H-pyrrole nitrogens is 1. The first-order valence-electron chi connectivity index (χ1n) is 10.2. The van der Waals surface area contributed by atoms with Gasteiger partial charge in [0.15, 0.2) is 4.34 Å². The lowest BCUT2D eigenvalue weighted by Gasteiger charge is -2.21. The van der Waals surface area contributed by atoms with Gasteiger partial charge in [0, 0.05) is 27.6 Å². The molecule has 6 nitrogen and oxygen atoms in total. The molecule has 10 heteroatoms. The summed E-state index contributed by atoms with van der Waals surface area (Å²) >= 11 is 10.9. The fourth-order valence-corrected chi connectivity index (χ4v) is 6.71. The van der Waals surface area contributed by atoms with E-state index in [1.165, 1.54) is 55.2 Å². The Bertz CT molecular complexity index is 1260. The molecule has 0 spiro atoms. The summed E-state index contributed by atoms with van der Waals surface area (Å²) in [6.45, 7) is 0. The van der Waals surface area contributed by atoms with Gasteiger partial charge in [-0.2, -0.15) is 0 Å². The average molecular weight is 490 g/mol. The van der Waals surface area contributed by atoms with E-state index < -0.39 is 0 Å². The zero-order chi connectivity index (χ0) is 21.2. The molecule has 5 rings (SSSR count). The zero-order valence-electron chi connectivity index (χ0n) is 16.6. The first-order chi connectivity index (χ1) is 15.2. The largest absolute Gasteiger partial charge is 0.357 e. The molecule has 0 amide bonds. The van der Waals surface area contributed by atoms with Gasteiger partial charge in [0.05, 0.1) is 11.1 Å². The predicted molar refractivity (Wildman–Crippen MR) is 131 cm³/mol. The van der Waals surface area contributed by atoms with Crippen LogP contribution in [0.3, 0.4) is 0 Å². The molecule has 2 N–H and O–H groups in total. The maximum Gasteiger partial charge on any atom is 0.260 e. The quantitative estimate of drug-likeness (QED) is 0.314. The number of hydrogen-bond donors (Lipinski definition) is 2. The van der Waals surface area contributed by atoms with E-state index in [2.05, 4.69) is 25.5 Å². The number of aromatic amines is 1. The Balaban J connectivity index is 1.31. The summed E-state index contributed by atoms with van der Waals surface area (Å²) in [6, 6.07) is 8.04. The lowest BCUT2D eigenvalue weighted by molar-refractivity contribution is 0.462. The van der Waals surface area contributed by atoms with E-state index in [1.807, 2.05) is 29.6 Å². The standard InChI is InChI=1S/C21H20ClN5OS3/c22-15-9-5-4-8-13(15)14-10-29-19-17(14)18(28)24-16(25-19)11-30-21-27-26-20(31-21)23-12-6-2-1-3-7-12/h4-5,8-10,12H,1-3,6-7,11H2,(H,23,26)(H,24,25,28). The monoisotopic (exact) mass is 489 g/mol. The number of nitrogens with zero attached hydrogens (tertiary/aromatic N) is 3. The molecule has 3 heterocycles. The molecular formula is C21H20ClN5OS3. The molecular weight excluding hydrogens is 470 g/mol. The molecule has 1 aromatic carbocycles. The smallest absolute Gasteiger partial charge is 0.260 e. The van der Waals surface area contributed by atoms with E-state index in [1.54, 1.807) is 11.3 Å². The number of nitrogens with one attached hydrogen (secondary N) is 2. The van der Waals surface area contributed by atoms with Crippen molar-refractivity contribution in [1.82, 2.24) is 20.2 Å². The van der Waals surface area contributed by atoms with Gasteiger partial charge in [0.1, 0.15) is 10.7 Å². The number of rotatable bonds is 6. The van der Waals surface area contributed by atoms with Crippen LogP contribution in [0.2, 0.25) is 5.02 Å². The molecule has 0 radical (unpaired) electrons. The summed E-state index contributed by atoms with van der Waals surface area (Å²) in [5, 5.41) is 16.1. The molecule has 4 aromatic rings. The molecule has 0 atom stereocenters. The van der Waals surface area contributed by atoms with Gasteiger partial charge in [-0.3, -0.25) is 4.79 Å². The normalized spacial score (nSPS) is 14.9. The van der Waals surface area contributed by atoms with Crippen LogP contribution in [0.5, 0.6) is 0 Å². The van der Waals surface area contributed by atoms with E-state index in [0.29, 0.717) is 32.9 Å². The highest BCUT2D eigenvalue weighted by atomic mass is 35.5. The minimum absolute atomic E-state index is 0.145. The van der Waals surface area contributed by atoms with Gasteiger partial charge >= 0.3 is 0 Å². The predicted octanol–water partition coefficient (Wildman–Crippen LogP) is 6.19. The Kier molecular flexibility index (Phi) is 6.27. The number of anilines is 1. The number of hydrogen-bond acceptors (Lipinski definition) is 8. The molecule has 0 bridgehead atoms. The van der Waals surface area contributed by atoms with Crippen LogP contribution in [0.25, 0.3) is 21.3 Å². The van der Waals surface area contributed by atoms with Crippen molar-refractivity contribution in [3.63, 3.8) is 0 Å². The maximum atomic E-state index is 12.8. The van der Waals surface area contributed by atoms with Gasteiger partial charge in [-0.25, -0.2) is 4.98 Å². The van der Waals surface area contributed by atoms with Crippen LogP contribution in [0.1, 0.15) is 37.9 Å². The van der Waals surface area contributed by atoms with E-state index in [4.69, 9.17) is 11.6 Å². The Hall–Kier alpha value is -1.94. The summed E-state index contributed by atoms with van der Waals surface area (Å²) in [7, 11) is 0. The van der Waals surface area contributed by atoms with Crippen LogP contribution < -0.4 is 10.9 Å². The van der Waals surface area contributed by atoms with Gasteiger partial charge in [-0.15, -0.1) is 21.5 Å². The number of fused-ring (bicyclic) bond motifs is 1. The highest BCUT2D eigenvalue weighted by molar-refractivity contribution is 8.00. The third kappa shape index (κ3) is 4.64. The van der Waals surface area contributed by atoms with Crippen LogP contribution in [-0.4, -0.2) is 26.2 Å². The van der Waals surface area contributed by atoms with Gasteiger partial charge < -0.3 is 10.3 Å². The highest BCUT2D eigenvalue weighted by Gasteiger charge is 2.17. The van der Waals surface area contributed by atoms with Gasteiger partial charge in [0.2, 0.25) is 5.13 Å². The van der Waals surface area contributed by atoms with E-state index in [9.17, 15) is 4.79 Å². The highest BCUT2D eigenvalue weighted by Crippen LogP contribution is 2.35. The Labute approximate surface area is 196 Å². The van der Waals surface area contributed by atoms with Crippen molar-refractivity contribution < 1.29 is 0 Å². The van der Waals surface area contributed by atoms with Crippen LogP contribution in [-0.2, 0) is 5.75 Å².